The predicted octanol–water partition coefficient (Wildman–Crippen LogP) is 8.70. The molecule has 184 valence electrons. The molecule has 3 heteroatoms. The fraction of sp³-hybridized carbons (Fsp3) is 0.152. The van der Waals surface area contributed by atoms with Crippen molar-refractivity contribution in [1.29, 1.82) is 0 Å². The lowest BCUT2D eigenvalue weighted by Crippen LogP contribution is -1.86. The van der Waals surface area contributed by atoms with Crippen LogP contribution in [-0.2, 0) is 0 Å². The molecule has 0 heterocycles. The molecule has 0 aliphatic rings. The Morgan fingerprint density at radius 2 is 0.556 bits per heavy atom. The van der Waals surface area contributed by atoms with Gasteiger partial charge in [-0.05, 0) is 116 Å². The smallest absolute Gasteiger partial charge is 0.115 e. The molecule has 0 aromatic heterocycles. The van der Waals surface area contributed by atoms with Crippen LogP contribution in [0.1, 0.15) is 55.5 Å². The van der Waals surface area contributed by atoms with Gasteiger partial charge >= 0.3 is 0 Å². The first-order valence-corrected chi connectivity index (χ1v) is 12.0. The molecule has 4 rings (SSSR count). The second kappa shape index (κ2) is 11.9. The van der Waals surface area contributed by atoms with Gasteiger partial charge in [-0.3, -0.25) is 0 Å². The maximum Gasteiger partial charge on any atom is 0.115 e. The van der Waals surface area contributed by atoms with E-state index < -0.39 is 0 Å². The van der Waals surface area contributed by atoms with Crippen LogP contribution in [0.25, 0.3) is 22.3 Å². The molecule has 36 heavy (non-hydrogen) atoms. The third-order valence-electron chi connectivity index (χ3n) is 6.51. The van der Waals surface area contributed by atoms with Gasteiger partial charge in [-0.25, -0.2) is 0 Å². The molecule has 4 aromatic carbocycles. The van der Waals surface area contributed by atoms with Crippen molar-refractivity contribution < 1.29 is 15.3 Å². The molecule has 0 fully saturated rings. The zero-order valence-electron chi connectivity index (χ0n) is 21.6. The van der Waals surface area contributed by atoms with Crippen molar-refractivity contribution >= 4 is 22.3 Å². The Kier molecular flexibility index (Phi) is 8.75. The fourth-order valence-electron chi connectivity index (χ4n) is 3.80. The van der Waals surface area contributed by atoms with E-state index in [-0.39, 0.29) is 11.5 Å². The lowest BCUT2D eigenvalue weighted by atomic mass is 9.96. The average Bonchev–Trinajstić information content (AvgIpc) is 2.89. The first-order chi connectivity index (χ1) is 17.2. The lowest BCUT2D eigenvalue weighted by molar-refractivity contribution is 0.474. The van der Waals surface area contributed by atoms with Crippen molar-refractivity contribution in [3.63, 3.8) is 0 Å². The molecule has 0 amide bonds. The van der Waals surface area contributed by atoms with Gasteiger partial charge in [0, 0.05) is 0 Å². The first kappa shape index (κ1) is 26.4. The van der Waals surface area contributed by atoms with Crippen molar-refractivity contribution in [1.82, 2.24) is 0 Å². The molecule has 0 aliphatic carbocycles. The van der Waals surface area contributed by atoms with E-state index in [1.165, 1.54) is 22.3 Å². The maximum atomic E-state index is 9.31. The van der Waals surface area contributed by atoms with E-state index in [9.17, 15) is 15.3 Å². The summed E-state index contributed by atoms with van der Waals surface area (Å²) in [6.07, 6.45) is 0. The standard InChI is InChI=1S/C17H18O.C16H16O2/c1-12-4-6-15(7-5-12)13(2)14(3)16-8-10-17(18)11-9-16;1-11(13-3-7-15(17)8-4-13)12(2)14-5-9-16(18)10-6-14/h4-11,18H,1-3H3;3-10,17-18H,1-2H3/b14-13+;12-11-. The molecular weight excluding hydrogens is 444 g/mol. The molecule has 0 unspecified atom stereocenters. The quantitative estimate of drug-likeness (QED) is 0.257. The van der Waals surface area contributed by atoms with E-state index >= 15 is 0 Å². The highest BCUT2D eigenvalue weighted by molar-refractivity contribution is 5.89. The normalized spacial score (nSPS) is 12.1. The molecular formula is C33H34O3. The van der Waals surface area contributed by atoms with E-state index in [1.807, 2.05) is 36.4 Å². The summed E-state index contributed by atoms with van der Waals surface area (Å²) in [5, 5.41) is 27.9. The molecule has 0 atom stereocenters. The summed E-state index contributed by atoms with van der Waals surface area (Å²) in [6.45, 7) is 10.4. The molecule has 0 saturated heterocycles. The number of hydrogen-bond donors (Lipinski definition) is 3. The molecule has 0 radical (unpaired) electrons. The molecule has 0 bridgehead atoms. The van der Waals surface area contributed by atoms with Crippen LogP contribution in [0.4, 0.5) is 0 Å². The van der Waals surface area contributed by atoms with Crippen LogP contribution in [-0.4, -0.2) is 15.3 Å². The Morgan fingerprint density at radius 1 is 0.361 bits per heavy atom. The summed E-state index contributed by atoms with van der Waals surface area (Å²) >= 11 is 0. The van der Waals surface area contributed by atoms with E-state index in [2.05, 4.69) is 58.9 Å². The predicted molar refractivity (Wildman–Crippen MR) is 152 cm³/mol. The van der Waals surface area contributed by atoms with Crippen LogP contribution in [0.2, 0.25) is 0 Å². The zero-order valence-corrected chi connectivity index (χ0v) is 21.6. The lowest BCUT2D eigenvalue weighted by Gasteiger charge is -2.09. The summed E-state index contributed by atoms with van der Waals surface area (Å²) in [5.41, 5.74) is 10.6. The summed E-state index contributed by atoms with van der Waals surface area (Å²) in [7, 11) is 0. The van der Waals surface area contributed by atoms with Gasteiger partial charge < -0.3 is 15.3 Å². The minimum atomic E-state index is 0.272. The van der Waals surface area contributed by atoms with E-state index in [1.54, 1.807) is 36.4 Å². The van der Waals surface area contributed by atoms with E-state index in [4.69, 9.17) is 0 Å². The topological polar surface area (TPSA) is 60.7 Å². The van der Waals surface area contributed by atoms with E-state index in [0.29, 0.717) is 5.75 Å². The monoisotopic (exact) mass is 478 g/mol. The third kappa shape index (κ3) is 6.89. The van der Waals surface area contributed by atoms with Gasteiger partial charge in [0.2, 0.25) is 0 Å². The maximum absolute atomic E-state index is 9.31. The Hall–Kier alpha value is -4.24. The van der Waals surface area contributed by atoms with Crippen LogP contribution in [0.5, 0.6) is 17.2 Å². The van der Waals surface area contributed by atoms with Gasteiger partial charge in [-0.15, -0.1) is 0 Å². The second-order valence-corrected chi connectivity index (χ2v) is 9.01. The SMILES string of the molecule is C/C(=C(/C)c1ccc(O)cc1)c1ccc(C)cc1.C/C(=C(\C)c1ccc(O)cc1)c1ccc(O)cc1. The van der Waals surface area contributed by atoms with Crippen molar-refractivity contribution in [2.75, 3.05) is 0 Å². The minimum absolute atomic E-state index is 0.272. The average molecular weight is 479 g/mol. The Bertz CT molecular complexity index is 1120. The third-order valence-corrected chi connectivity index (χ3v) is 6.51. The highest BCUT2D eigenvalue weighted by Gasteiger charge is 2.04. The van der Waals surface area contributed by atoms with Gasteiger partial charge in [0.1, 0.15) is 17.2 Å². The number of aromatic hydroxyl groups is 3. The summed E-state index contributed by atoms with van der Waals surface area (Å²) in [6, 6.07) is 30.2. The Morgan fingerprint density at radius 3 is 0.778 bits per heavy atom. The van der Waals surface area contributed by atoms with Gasteiger partial charge in [0.15, 0.2) is 0 Å². The summed E-state index contributed by atoms with van der Waals surface area (Å²) in [5.74, 6) is 0.849. The van der Waals surface area contributed by atoms with Gasteiger partial charge in [0.25, 0.3) is 0 Å². The van der Waals surface area contributed by atoms with Crippen LogP contribution in [0.3, 0.4) is 0 Å². The van der Waals surface area contributed by atoms with Crippen LogP contribution >= 0.6 is 0 Å². The van der Waals surface area contributed by atoms with Crippen LogP contribution in [0, 0.1) is 6.92 Å². The van der Waals surface area contributed by atoms with Crippen LogP contribution in [0.15, 0.2) is 97.1 Å². The number of rotatable bonds is 4. The second-order valence-electron chi connectivity index (χ2n) is 9.01. The van der Waals surface area contributed by atoms with E-state index in [0.717, 1.165) is 27.8 Å². The first-order valence-electron chi connectivity index (χ1n) is 12.0. The molecule has 4 aromatic rings. The number of phenolic OH excluding ortho intramolecular Hbond substituents is 3. The largest absolute Gasteiger partial charge is 0.508 e. The number of hydrogen-bond acceptors (Lipinski definition) is 3. The summed E-state index contributed by atoms with van der Waals surface area (Å²) < 4.78 is 0. The number of benzene rings is 4. The highest BCUT2D eigenvalue weighted by atomic mass is 16.3. The number of allylic oxidation sites excluding steroid dienone is 4. The van der Waals surface area contributed by atoms with Gasteiger partial charge in [-0.2, -0.15) is 0 Å². The minimum Gasteiger partial charge on any atom is -0.508 e. The number of phenols is 3. The number of aryl methyl sites for hydroxylation is 1. The van der Waals surface area contributed by atoms with Gasteiger partial charge in [0.05, 0.1) is 0 Å². The van der Waals surface area contributed by atoms with Crippen molar-refractivity contribution in [2.24, 2.45) is 0 Å². The molecule has 0 spiro atoms. The zero-order chi connectivity index (χ0) is 26.2. The van der Waals surface area contributed by atoms with Gasteiger partial charge in [-0.1, -0.05) is 66.2 Å². The van der Waals surface area contributed by atoms with Crippen molar-refractivity contribution in [3.05, 3.63) is 125 Å². The molecule has 3 N–H and O–H groups in total. The Labute approximate surface area is 214 Å². The fourth-order valence-corrected chi connectivity index (χ4v) is 3.80. The summed E-state index contributed by atoms with van der Waals surface area (Å²) in [4.78, 5) is 0. The molecule has 0 aliphatic heterocycles. The van der Waals surface area contributed by atoms with Crippen molar-refractivity contribution in [3.8, 4) is 17.2 Å². The molecule has 3 nitrogen and oxygen atoms in total. The van der Waals surface area contributed by atoms with Crippen molar-refractivity contribution in [2.45, 2.75) is 34.6 Å². The molecule has 0 saturated carbocycles. The highest BCUT2D eigenvalue weighted by Crippen LogP contribution is 2.28. The van der Waals surface area contributed by atoms with Crippen LogP contribution < -0.4 is 0 Å². The Balaban J connectivity index is 0.000000201.